The second-order valence-electron chi connectivity index (χ2n) is 4.84. The maximum atomic E-state index is 5.46. The lowest BCUT2D eigenvalue weighted by molar-refractivity contribution is 0.414. The Labute approximate surface area is 113 Å². The standard InChI is InChI=1S/C17H17NO/c1-12-7-8-14-13(11-12)9-10-18-17(14)15-5-3-4-6-16(15)19-2/h3-8,11H,9-10H2,1-2H3. The van der Waals surface area contributed by atoms with Gasteiger partial charge in [0, 0.05) is 17.7 Å². The highest BCUT2D eigenvalue weighted by molar-refractivity contribution is 6.15. The van der Waals surface area contributed by atoms with Crippen LogP contribution in [0.4, 0.5) is 0 Å². The van der Waals surface area contributed by atoms with Crippen LogP contribution >= 0.6 is 0 Å². The lowest BCUT2D eigenvalue weighted by atomic mass is 9.92. The molecule has 0 radical (unpaired) electrons. The largest absolute Gasteiger partial charge is 0.496 e. The number of nitrogens with zero attached hydrogens (tertiary/aromatic N) is 1. The molecule has 0 amide bonds. The lowest BCUT2D eigenvalue weighted by Crippen LogP contribution is -2.15. The number of benzene rings is 2. The van der Waals surface area contributed by atoms with Crippen molar-refractivity contribution in [3.8, 4) is 5.75 Å². The molecule has 0 saturated heterocycles. The molecule has 0 aromatic heterocycles. The van der Waals surface area contributed by atoms with Gasteiger partial charge in [-0.25, -0.2) is 0 Å². The SMILES string of the molecule is COc1ccccc1C1=NCCc2cc(C)ccc21. The molecule has 0 unspecified atom stereocenters. The summed E-state index contributed by atoms with van der Waals surface area (Å²) >= 11 is 0. The van der Waals surface area contributed by atoms with Crippen molar-refractivity contribution in [3.63, 3.8) is 0 Å². The van der Waals surface area contributed by atoms with Crippen LogP contribution in [0.2, 0.25) is 0 Å². The van der Waals surface area contributed by atoms with Crippen molar-refractivity contribution < 1.29 is 4.74 Å². The van der Waals surface area contributed by atoms with E-state index in [4.69, 9.17) is 9.73 Å². The van der Waals surface area contributed by atoms with Gasteiger partial charge in [0.2, 0.25) is 0 Å². The van der Waals surface area contributed by atoms with E-state index in [-0.39, 0.29) is 0 Å². The fourth-order valence-electron chi connectivity index (χ4n) is 2.60. The van der Waals surface area contributed by atoms with Crippen LogP contribution in [0.25, 0.3) is 0 Å². The number of aliphatic imine (C=N–C) groups is 1. The van der Waals surface area contributed by atoms with Crippen LogP contribution in [0.1, 0.15) is 22.3 Å². The van der Waals surface area contributed by atoms with Gasteiger partial charge in [-0.1, -0.05) is 35.9 Å². The van der Waals surface area contributed by atoms with Crippen LogP contribution < -0.4 is 4.74 Å². The number of hydrogen-bond donors (Lipinski definition) is 0. The second-order valence-corrected chi connectivity index (χ2v) is 4.84. The monoisotopic (exact) mass is 251 g/mol. The Morgan fingerprint density at radius 1 is 1.05 bits per heavy atom. The first-order valence-electron chi connectivity index (χ1n) is 6.57. The van der Waals surface area contributed by atoms with Crippen molar-refractivity contribution in [2.45, 2.75) is 13.3 Å². The molecule has 0 atom stereocenters. The third-order valence-corrected chi connectivity index (χ3v) is 3.53. The molecule has 1 aliphatic heterocycles. The topological polar surface area (TPSA) is 21.6 Å². The highest BCUT2D eigenvalue weighted by Gasteiger charge is 2.18. The highest BCUT2D eigenvalue weighted by Crippen LogP contribution is 2.26. The van der Waals surface area contributed by atoms with Crippen LogP contribution in [0.3, 0.4) is 0 Å². The number of rotatable bonds is 2. The van der Waals surface area contributed by atoms with E-state index in [2.05, 4.69) is 31.2 Å². The van der Waals surface area contributed by atoms with Gasteiger partial charge in [0.05, 0.1) is 12.8 Å². The highest BCUT2D eigenvalue weighted by atomic mass is 16.5. The van der Waals surface area contributed by atoms with E-state index in [1.807, 2.05) is 18.2 Å². The number of hydrogen-bond acceptors (Lipinski definition) is 2. The summed E-state index contributed by atoms with van der Waals surface area (Å²) in [4.78, 5) is 4.72. The molecule has 1 aliphatic rings. The summed E-state index contributed by atoms with van der Waals surface area (Å²) in [6.07, 6.45) is 1.02. The van der Waals surface area contributed by atoms with Gasteiger partial charge in [0.25, 0.3) is 0 Å². The van der Waals surface area contributed by atoms with Gasteiger partial charge in [-0.2, -0.15) is 0 Å². The molecule has 0 bridgehead atoms. The van der Waals surface area contributed by atoms with Crippen molar-refractivity contribution in [1.29, 1.82) is 0 Å². The van der Waals surface area contributed by atoms with Crippen molar-refractivity contribution in [1.82, 2.24) is 0 Å². The zero-order valence-corrected chi connectivity index (χ0v) is 11.3. The Morgan fingerprint density at radius 3 is 2.74 bits per heavy atom. The summed E-state index contributed by atoms with van der Waals surface area (Å²) in [5.74, 6) is 0.884. The third-order valence-electron chi connectivity index (χ3n) is 3.53. The first-order valence-corrected chi connectivity index (χ1v) is 6.57. The molecule has 96 valence electrons. The molecule has 19 heavy (non-hydrogen) atoms. The van der Waals surface area contributed by atoms with Gasteiger partial charge in [-0.05, 0) is 31.0 Å². The minimum absolute atomic E-state index is 0.851. The second kappa shape index (κ2) is 4.88. The van der Waals surface area contributed by atoms with Crippen molar-refractivity contribution in [3.05, 3.63) is 64.7 Å². The zero-order chi connectivity index (χ0) is 13.2. The average Bonchev–Trinajstić information content (AvgIpc) is 2.46. The van der Waals surface area contributed by atoms with Gasteiger partial charge < -0.3 is 4.74 Å². The lowest BCUT2D eigenvalue weighted by Gasteiger charge is -2.19. The maximum Gasteiger partial charge on any atom is 0.128 e. The quantitative estimate of drug-likeness (QED) is 0.801. The third kappa shape index (κ3) is 2.14. The minimum atomic E-state index is 0.851. The number of para-hydroxylation sites is 1. The van der Waals surface area contributed by atoms with Gasteiger partial charge in [0.1, 0.15) is 5.75 Å². The summed E-state index contributed by atoms with van der Waals surface area (Å²) in [6, 6.07) is 14.7. The van der Waals surface area contributed by atoms with Crippen LogP contribution in [0, 0.1) is 6.92 Å². The fraction of sp³-hybridized carbons (Fsp3) is 0.235. The predicted octanol–water partition coefficient (Wildman–Crippen LogP) is 3.40. The Kier molecular flexibility index (Phi) is 3.08. The number of fused-ring (bicyclic) bond motifs is 1. The Balaban J connectivity index is 2.14. The van der Waals surface area contributed by atoms with Gasteiger partial charge >= 0.3 is 0 Å². The molecule has 2 heteroatoms. The normalized spacial score (nSPS) is 13.7. The van der Waals surface area contributed by atoms with Crippen LogP contribution in [0.5, 0.6) is 5.75 Å². The Morgan fingerprint density at radius 2 is 1.89 bits per heavy atom. The first-order chi connectivity index (χ1) is 9.29. The summed E-state index contributed by atoms with van der Waals surface area (Å²) in [7, 11) is 1.71. The van der Waals surface area contributed by atoms with E-state index >= 15 is 0 Å². The summed E-state index contributed by atoms with van der Waals surface area (Å²) in [5, 5.41) is 0. The van der Waals surface area contributed by atoms with Crippen LogP contribution in [-0.2, 0) is 6.42 Å². The predicted molar refractivity (Wildman–Crippen MR) is 78.4 cm³/mol. The van der Waals surface area contributed by atoms with Crippen LogP contribution in [0.15, 0.2) is 47.5 Å². The molecular formula is C17H17NO. The number of aryl methyl sites for hydroxylation is 1. The van der Waals surface area contributed by atoms with E-state index in [1.165, 1.54) is 16.7 Å². The molecule has 1 heterocycles. The molecule has 0 saturated carbocycles. The van der Waals surface area contributed by atoms with Crippen molar-refractivity contribution in [2.75, 3.05) is 13.7 Å². The van der Waals surface area contributed by atoms with E-state index in [0.717, 1.165) is 30.0 Å². The van der Waals surface area contributed by atoms with E-state index in [1.54, 1.807) is 7.11 Å². The zero-order valence-electron chi connectivity index (χ0n) is 11.3. The van der Waals surface area contributed by atoms with Crippen molar-refractivity contribution in [2.24, 2.45) is 4.99 Å². The molecule has 2 aromatic carbocycles. The van der Waals surface area contributed by atoms with Gasteiger partial charge in [-0.3, -0.25) is 4.99 Å². The minimum Gasteiger partial charge on any atom is -0.496 e. The molecule has 2 nitrogen and oxygen atoms in total. The molecule has 3 rings (SSSR count). The molecule has 2 aromatic rings. The van der Waals surface area contributed by atoms with E-state index in [0.29, 0.717) is 0 Å². The molecule has 0 fully saturated rings. The first kappa shape index (κ1) is 12.0. The summed E-state index contributed by atoms with van der Waals surface area (Å²) in [6.45, 7) is 2.98. The van der Waals surface area contributed by atoms with Gasteiger partial charge in [-0.15, -0.1) is 0 Å². The number of ether oxygens (including phenoxy) is 1. The maximum absolute atomic E-state index is 5.46. The van der Waals surface area contributed by atoms with Crippen molar-refractivity contribution >= 4 is 5.71 Å². The average molecular weight is 251 g/mol. The fourth-order valence-corrected chi connectivity index (χ4v) is 2.60. The van der Waals surface area contributed by atoms with E-state index in [9.17, 15) is 0 Å². The van der Waals surface area contributed by atoms with E-state index < -0.39 is 0 Å². The Bertz CT molecular complexity index is 643. The Hall–Kier alpha value is -2.09. The number of methoxy groups -OCH3 is 1. The molecule has 0 aliphatic carbocycles. The summed E-state index contributed by atoms with van der Waals surface area (Å²) in [5.41, 5.74) is 6.06. The molecular weight excluding hydrogens is 234 g/mol. The summed E-state index contributed by atoms with van der Waals surface area (Å²) < 4.78 is 5.46. The molecule has 0 N–H and O–H groups in total. The smallest absolute Gasteiger partial charge is 0.128 e. The van der Waals surface area contributed by atoms with Crippen LogP contribution in [-0.4, -0.2) is 19.4 Å². The van der Waals surface area contributed by atoms with Gasteiger partial charge in [0.15, 0.2) is 0 Å². The molecule has 0 spiro atoms.